The second-order valence-electron chi connectivity index (χ2n) is 9.24. The molecule has 0 N–H and O–H groups in total. The van der Waals surface area contributed by atoms with Gasteiger partial charge >= 0.3 is 11.9 Å². The maximum absolute atomic E-state index is 12.4. The summed E-state index contributed by atoms with van der Waals surface area (Å²) in [5, 5.41) is 0. The van der Waals surface area contributed by atoms with Crippen LogP contribution in [0.4, 0.5) is 0 Å². The van der Waals surface area contributed by atoms with Crippen molar-refractivity contribution < 1.29 is 28.5 Å². The summed E-state index contributed by atoms with van der Waals surface area (Å²) in [4.78, 5) is 24.8. The number of fused-ring (bicyclic) bond motifs is 2. The topological polar surface area (TPSA) is 77.7 Å². The molecule has 25 heavy (non-hydrogen) atoms. The predicted octanol–water partition coefficient (Wildman–Crippen LogP) is 1.60. The minimum absolute atomic E-state index is 0.00794. The molecule has 136 valence electrons. The SMILES string of the molecule is CC(COC(=O)C1CC23CC1CC2O3)OC(=O)C1CC23CC1CC2O3. The Labute approximate surface area is 146 Å². The summed E-state index contributed by atoms with van der Waals surface area (Å²) < 4.78 is 22.4. The van der Waals surface area contributed by atoms with E-state index in [0.717, 1.165) is 38.5 Å². The van der Waals surface area contributed by atoms with E-state index in [-0.39, 0.29) is 41.6 Å². The normalized spacial score (nSPS) is 54.0. The summed E-state index contributed by atoms with van der Waals surface area (Å²) in [6.45, 7) is 1.94. The number of esters is 2. The van der Waals surface area contributed by atoms with Crippen molar-refractivity contribution in [2.24, 2.45) is 23.7 Å². The molecule has 0 radical (unpaired) electrons. The molecule has 0 aromatic rings. The Hall–Kier alpha value is -1.14. The van der Waals surface area contributed by atoms with E-state index in [1.807, 2.05) is 0 Å². The Morgan fingerprint density at radius 1 is 0.960 bits per heavy atom. The maximum Gasteiger partial charge on any atom is 0.309 e. The van der Waals surface area contributed by atoms with Gasteiger partial charge in [0.2, 0.25) is 0 Å². The van der Waals surface area contributed by atoms with Gasteiger partial charge in [-0.25, -0.2) is 0 Å². The highest BCUT2D eigenvalue weighted by Crippen LogP contribution is 2.65. The Kier molecular flexibility index (Phi) is 2.74. The molecule has 6 rings (SSSR count). The summed E-state index contributed by atoms with van der Waals surface area (Å²) in [7, 11) is 0. The van der Waals surface area contributed by atoms with Gasteiger partial charge in [0, 0.05) is 0 Å². The molecule has 9 unspecified atom stereocenters. The van der Waals surface area contributed by atoms with Crippen LogP contribution in [0.2, 0.25) is 0 Å². The zero-order chi connectivity index (χ0) is 17.0. The van der Waals surface area contributed by atoms with Crippen LogP contribution in [0.3, 0.4) is 0 Å². The van der Waals surface area contributed by atoms with E-state index in [9.17, 15) is 9.59 Å². The molecule has 0 aromatic heterocycles. The van der Waals surface area contributed by atoms with Crippen molar-refractivity contribution in [3.05, 3.63) is 0 Å². The minimum Gasteiger partial charge on any atom is -0.462 e. The zero-order valence-corrected chi connectivity index (χ0v) is 14.4. The van der Waals surface area contributed by atoms with Crippen LogP contribution in [0, 0.1) is 23.7 Å². The lowest BCUT2D eigenvalue weighted by molar-refractivity contribution is -0.164. The van der Waals surface area contributed by atoms with Crippen LogP contribution in [0.15, 0.2) is 0 Å². The first-order valence-corrected chi connectivity index (χ1v) is 9.71. The van der Waals surface area contributed by atoms with E-state index in [2.05, 4.69) is 0 Å². The smallest absolute Gasteiger partial charge is 0.309 e. The van der Waals surface area contributed by atoms with Crippen molar-refractivity contribution >= 4 is 11.9 Å². The molecule has 9 atom stereocenters. The third kappa shape index (κ3) is 2.04. The number of ether oxygens (including phenoxy) is 4. The molecule has 0 amide bonds. The molecule has 6 fully saturated rings. The lowest BCUT2D eigenvalue weighted by Gasteiger charge is -2.22. The molecule has 2 saturated heterocycles. The van der Waals surface area contributed by atoms with Gasteiger partial charge < -0.3 is 18.9 Å². The Bertz CT molecular complexity index is 662. The third-order valence-electron chi connectivity index (χ3n) is 7.71. The highest BCUT2D eigenvalue weighted by molar-refractivity contribution is 5.75. The summed E-state index contributed by atoms with van der Waals surface area (Å²) >= 11 is 0. The van der Waals surface area contributed by atoms with Crippen LogP contribution >= 0.6 is 0 Å². The quantitative estimate of drug-likeness (QED) is 0.555. The van der Waals surface area contributed by atoms with Gasteiger partial charge in [0.15, 0.2) is 0 Å². The van der Waals surface area contributed by atoms with Gasteiger partial charge in [0.1, 0.15) is 12.7 Å². The Morgan fingerprint density at radius 2 is 1.52 bits per heavy atom. The third-order valence-corrected chi connectivity index (χ3v) is 7.71. The van der Waals surface area contributed by atoms with Gasteiger partial charge in [0.05, 0.1) is 35.2 Å². The average molecular weight is 348 g/mol. The molecule has 6 heteroatoms. The molecule has 4 bridgehead atoms. The molecule has 4 saturated carbocycles. The number of rotatable bonds is 5. The minimum atomic E-state index is -0.398. The number of epoxide rings is 2. The molecule has 2 spiro atoms. The Morgan fingerprint density at radius 3 is 2.00 bits per heavy atom. The van der Waals surface area contributed by atoms with Crippen LogP contribution in [0.5, 0.6) is 0 Å². The van der Waals surface area contributed by atoms with Crippen LogP contribution < -0.4 is 0 Å². The number of carbonyl (C=O) groups excluding carboxylic acids is 2. The molecule has 0 aromatic carbocycles. The van der Waals surface area contributed by atoms with Gasteiger partial charge in [-0.1, -0.05) is 0 Å². The molecule has 6 nitrogen and oxygen atoms in total. The van der Waals surface area contributed by atoms with E-state index in [4.69, 9.17) is 18.9 Å². The fourth-order valence-corrected chi connectivity index (χ4v) is 6.38. The zero-order valence-electron chi connectivity index (χ0n) is 14.4. The largest absolute Gasteiger partial charge is 0.462 e. The summed E-state index contributed by atoms with van der Waals surface area (Å²) in [6.07, 6.45) is 6.03. The molecular formula is C19H24O6. The van der Waals surface area contributed by atoms with Crippen LogP contribution in [0.1, 0.15) is 45.4 Å². The van der Waals surface area contributed by atoms with Gasteiger partial charge in [0.25, 0.3) is 0 Å². The summed E-state index contributed by atoms with van der Waals surface area (Å²) in [6, 6.07) is 0. The first-order valence-electron chi connectivity index (χ1n) is 9.71. The second-order valence-corrected chi connectivity index (χ2v) is 9.24. The molecule has 2 aliphatic heterocycles. The highest BCUT2D eigenvalue weighted by atomic mass is 16.6. The van der Waals surface area contributed by atoms with Gasteiger partial charge in [-0.2, -0.15) is 0 Å². The lowest BCUT2D eigenvalue weighted by Crippen LogP contribution is -2.32. The van der Waals surface area contributed by atoms with Gasteiger partial charge in [-0.05, 0) is 57.3 Å². The second kappa shape index (κ2) is 4.58. The summed E-state index contributed by atoms with van der Waals surface area (Å²) in [5.74, 6) is 0.477. The predicted molar refractivity (Wildman–Crippen MR) is 83.4 cm³/mol. The maximum atomic E-state index is 12.4. The molecular weight excluding hydrogens is 324 g/mol. The van der Waals surface area contributed by atoms with Crippen LogP contribution in [0.25, 0.3) is 0 Å². The van der Waals surface area contributed by atoms with Gasteiger partial charge in [-0.15, -0.1) is 0 Å². The van der Waals surface area contributed by atoms with Crippen molar-refractivity contribution in [2.75, 3.05) is 6.61 Å². The van der Waals surface area contributed by atoms with Crippen molar-refractivity contribution in [3.8, 4) is 0 Å². The number of carbonyl (C=O) groups is 2. The van der Waals surface area contributed by atoms with Crippen molar-refractivity contribution in [3.63, 3.8) is 0 Å². The number of hydrogen-bond donors (Lipinski definition) is 0. The van der Waals surface area contributed by atoms with Crippen molar-refractivity contribution in [1.29, 1.82) is 0 Å². The first-order chi connectivity index (χ1) is 12.0. The van der Waals surface area contributed by atoms with E-state index >= 15 is 0 Å². The fraction of sp³-hybridized carbons (Fsp3) is 0.895. The molecule has 6 aliphatic rings. The average Bonchev–Trinajstić information content (AvgIpc) is 3.19. The van der Waals surface area contributed by atoms with E-state index in [1.165, 1.54) is 0 Å². The van der Waals surface area contributed by atoms with Crippen LogP contribution in [-0.2, 0) is 28.5 Å². The molecule has 2 heterocycles. The Balaban J connectivity index is 0.989. The van der Waals surface area contributed by atoms with E-state index < -0.39 is 6.10 Å². The number of hydrogen-bond acceptors (Lipinski definition) is 6. The van der Waals surface area contributed by atoms with Crippen molar-refractivity contribution in [2.45, 2.75) is 75.0 Å². The van der Waals surface area contributed by atoms with E-state index in [1.54, 1.807) is 6.92 Å². The summed E-state index contributed by atoms with van der Waals surface area (Å²) in [5.41, 5.74) is 0.0182. The fourth-order valence-electron chi connectivity index (χ4n) is 6.38. The molecule has 4 aliphatic carbocycles. The standard InChI is InChI=1S/C19H24O6/c1-9(23-17(21)13-7-19-5-11(13)3-15(19)25-19)8-22-16(20)12-6-18-4-10(12)2-14(18)24-18/h9-15H,2-8H2,1H3. The lowest BCUT2D eigenvalue weighted by atomic mass is 9.89. The first kappa shape index (κ1) is 15.0. The van der Waals surface area contributed by atoms with Crippen LogP contribution in [-0.4, -0.2) is 48.1 Å². The monoisotopic (exact) mass is 348 g/mol. The highest BCUT2D eigenvalue weighted by Gasteiger charge is 2.71. The van der Waals surface area contributed by atoms with E-state index in [0.29, 0.717) is 24.0 Å². The van der Waals surface area contributed by atoms with Gasteiger partial charge in [-0.3, -0.25) is 9.59 Å². The van der Waals surface area contributed by atoms with Crippen molar-refractivity contribution in [1.82, 2.24) is 0 Å².